The average Bonchev–Trinajstić information content (AvgIpc) is 2.97. The standard InChI is InChI=1S/C17H14N4O3S/c1-12-11-25-17(20(12)14-5-3-2-4-6-14)19-18-10-13-9-15(21(23)24)7-8-16(13)22/h2-11,22H,1H3. The first-order chi connectivity index (χ1) is 12.1. The predicted octanol–water partition coefficient (Wildman–Crippen LogP) is 3.40. The number of hydrogen-bond acceptors (Lipinski definition) is 6. The molecule has 126 valence electrons. The molecule has 0 fully saturated rings. The van der Waals surface area contributed by atoms with Crippen molar-refractivity contribution in [1.29, 1.82) is 0 Å². The number of thiazole rings is 1. The lowest BCUT2D eigenvalue weighted by Crippen LogP contribution is -2.13. The fourth-order valence-corrected chi connectivity index (χ4v) is 3.08. The van der Waals surface area contributed by atoms with Crippen molar-refractivity contribution >= 4 is 23.2 Å². The number of aromatic nitrogens is 1. The molecule has 0 amide bonds. The SMILES string of the molecule is Cc1csc(=NN=Cc2cc([N+](=O)[O-])ccc2O)n1-c1ccccc1. The number of nitro benzene ring substituents is 1. The van der Waals surface area contributed by atoms with Gasteiger partial charge in [-0.05, 0) is 25.1 Å². The van der Waals surface area contributed by atoms with Gasteiger partial charge in [-0.25, -0.2) is 0 Å². The molecule has 0 aliphatic carbocycles. The first-order valence-corrected chi connectivity index (χ1v) is 8.21. The number of phenols is 1. The van der Waals surface area contributed by atoms with Crippen LogP contribution in [0.2, 0.25) is 0 Å². The van der Waals surface area contributed by atoms with E-state index in [9.17, 15) is 15.2 Å². The summed E-state index contributed by atoms with van der Waals surface area (Å²) in [6, 6.07) is 13.5. The van der Waals surface area contributed by atoms with Crippen molar-refractivity contribution in [2.45, 2.75) is 6.92 Å². The molecule has 0 spiro atoms. The van der Waals surface area contributed by atoms with Crippen LogP contribution in [0.4, 0.5) is 5.69 Å². The molecule has 0 radical (unpaired) electrons. The third-order valence-electron chi connectivity index (χ3n) is 3.46. The number of aromatic hydroxyl groups is 1. The van der Waals surface area contributed by atoms with Crippen LogP contribution < -0.4 is 4.80 Å². The maximum Gasteiger partial charge on any atom is 0.270 e. The maximum absolute atomic E-state index is 10.8. The molecule has 0 atom stereocenters. The third-order valence-corrected chi connectivity index (χ3v) is 4.39. The van der Waals surface area contributed by atoms with Gasteiger partial charge in [0.05, 0.1) is 11.1 Å². The van der Waals surface area contributed by atoms with E-state index < -0.39 is 4.92 Å². The highest BCUT2D eigenvalue weighted by Gasteiger charge is 2.08. The van der Waals surface area contributed by atoms with E-state index in [4.69, 9.17) is 0 Å². The Bertz CT molecular complexity index is 1010. The number of rotatable bonds is 4. The van der Waals surface area contributed by atoms with Crippen molar-refractivity contribution in [3.63, 3.8) is 0 Å². The Morgan fingerprint density at radius 1 is 1.24 bits per heavy atom. The highest BCUT2D eigenvalue weighted by molar-refractivity contribution is 7.07. The second-order valence-corrected chi connectivity index (χ2v) is 6.01. The molecule has 1 N–H and O–H groups in total. The van der Waals surface area contributed by atoms with Gasteiger partial charge in [-0.1, -0.05) is 18.2 Å². The number of phenolic OH excluding ortho intramolecular Hbond substituents is 1. The topological polar surface area (TPSA) is 93.0 Å². The van der Waals surface area contributed by atoms with E-state index in [2.05, 4.69) is 10.2 Å². The smallest absolute Gasteiger partial charge is 0.270 e. The number of aryl methyl sites for hydroxylation is 1. The molecule has 2 aromatic carbocycles. The monoisotopic (exact) mass is 354 g/mol. The molecule has 0 unspecified atom stereocenters. The minimum absolute atomic E-state index is 0.0946. The zero-order valence-corrected chi connectivity index (χ0v) is 14.1. The van der Waals surface area contributed by atoms with Crippen LogP contribution in [0.15, 0.2) is 64.1 Å². The molecular formula is C17H14N4O3S. The highest BCUT2D eigenvalue weighted by atomic mass is 32.1. The number of para-hydroxylation sites is 1. The summed E-state index contributed by atoms with van der Waals surface area (Å²) in [6.07, 6.45) is 1.30. The number of non-ortho nitro benzene ring substituents is 1. The van der Waals surface area contributed by atoms with Gasteiger partial charge in [0.25, 0.3) is 5.69 Å². The lowest BCUT2D eigenvalue weighted by Gasteiger charge is -2.04. The molecule has 0 saturated heterocycles. The van der Waals surface area contributed by atoms with Crippen LogP contribution in [0.1, 0.15) is 11.3 Å². The molecule has 25 heavy (non-hydrogen) atoms. The Labute approximate surface area is 147 Å². The van der Waals surface area contributed by atoms with E-state index in [0.717, 1.165) is 11.4 Å². The Morgan fingerprint density at radius 3 is 2.72 bits per heavy atom. The zero-order chi connectivity index (χ0) is 17.8. The van der Waals surface area contributed by atoms with E-state index in [1.165, 1.54) is 35.8 Å². The molecular weight excluding hydrogens is 340 g/mol. The maximum atomic E-state index is 10.8. The second-order valence-electron chi connectivity index (χ2n) is 5.18. The van der Waals surface area contributed by atoms with Crippen LogP contribution in [-0.2, 0) is 0 Å². The van der Waals surface area contributed by atoms with Gasteiger partial charge in [0.1, 0.15) is 5.75 Å². The molecule has 0 aliphatic heterocycles. The number of benzene rings is 2. The highest BCUT2D eigenvalue weighted by Crippen LogP contribution is 2.21. The first-order valence-electron chi connectivity index (χ1n) is 7.33. The lowest BCUT2D eigenvalue weighted by molar-refractivity contribution is -0.384. The molecule has 3 rings (SSSR count). The van der Waals surface area contributed by atoms with Crippen LogP contribution in [0.3, 0.4) is 0 Å². The summed E-state index contributed by atoms with van der Waals surface area (Å²) in [6.45, 7) is 1.97. The summed E-state index contributed by atoms with van der Waals surface area (Å²) in [5.74, 6) is -0.0946. The molecule has 1 aromatic heterocycles. The zero-order valence-electron chi connectivity index (χ0n) is 13.2. The van der Waals surface area contributed by atoms with Gasteiger partial charge in [0.2, 0.25) is 4.80 Å². The first kappa shape index (κ1) is 16.6. The van der Waals surface area contributed by atoms with Gasteiger partial charge in [-0.3, -0.25) is 14.7 Å². The predicted molar refractivity (Wildman–Crippen MR) is 96.3 cm³/mol. The van der Waals surface area contributed by atoms with E-state index in [1.54, 1.807) is 0 Å². The molecule has 8 heteroatoms. The number of nitrogens with zero attached hydrogens (tertiary/aromatic N) is 4. The minimum atomic E-state index is -0.528. The lowest BCUT2D eigenvalue weighted by atomic mass is 10.2. The Morgan fingerprint density at radius 2 is 2.00 bits per heavy atom. The van der Waals surface area contributed by atoms with Crippen molar-refractivity contribution in [3.05, 3.63) is 80.1 Å². The van der Waals surface area contributed by atoms with E-state index in [1.807, 2.05) is 47.2 Å². The van der Waals surface area contributed by atoms with Gasteiger partial charge in [-0.15, -0.1) is 16.4 Å². The molecule has 0 bridgehead atoms. The Balaban J connectivity index is 1.98. The number of nitro groups is 1. The van der Waals surface area contributed by atoms with Crippen molar-refractivity contribution in [2.75, 3.05) is 0 Å². The van der Waals surface area contributed by atoms with Crippen LogP contribution in [0, 0.1) is 17.0 Å². The fourth-order valence-electron chi connectivity index (χ4n) is 2.25. The normalized spacial score (nSPS) is 12.0. The quantitative estimate of drug-likeness (QED) is 0.442. The molecule has 7 nitrogen and oxygen atoms in total. The van der Waals surface area contributed by atoms with Gasteiger partial charge >= 0.3 is 0 Å². The van der Waals surface area contributed by atoms with Gasteiger partial charge < -0.3 is 5.11 Å². The van der Waals surface area contributed by atoms with E-state index >= 15 is 0 Å². The summed E-state index contributed by atoms with van der Waals surface area (Å²) < 4.78 is 1.95. The van der Waals surface area contributed by atoms with Gasteiger partial charge in [0, 0.05) is 34.5 Å². The van der Waals surface area contributed by atoms with Gasteiger partial charge in [-0.2, -0.15) is 5.10 Å². The van der Waals surface area contributed by atoms with Crippen molar-refractivity contribution in [1.82, 2.24) is 4.57 Å². The Hall–Kier alpha value is -3.26. The van der Waals surface area contributed by atoms with Crippen LogP contribution in [0.25, 0.3) is 5.69 Å². The summed E-state index contributed by atoms with van der Waals surface area (Å²) in [7, 11) is 0. The van der Waals surface area contributed by atoms with Crippen LogP contribution >= 0.6 is 11.3 Å². The Kier molecular flexibility index (Phi) is 4.71. The second kappa shape index (κ2) is 7.10. The average molecular weight is 354 g/mol. The summed E-state index contributed by atoms with van der Waals surface area (Å²) in [5.41, 5.74) is 2.10. The van der Waals surface area contributed by atoms with E-state index in [0.29, 0.717) is 4.80 Å². The summed E-state index contributed by atoms with van der Waals surface area (Å²) in [5, 5.41) is 30.7. The van der Waals surface area contributed by atoms with Crippen molar-refractivity contribution in [3.8, 4) is 11.4 Å². The summed E-state index contributed by atoms with van der Waals surface area (Å²) >= 11 is 1.43. The van der Waals surface area contributed by atoms with E-state index in [-0.39, 0.29) is 17.0 Å². The van der Waals surface area contributed by atoms with Gasteiger partial charge in [0.15, 0.2) is 0 Å². The molecule has 0 saturated carbocycles. The third kappa shape index (κ3) is 3.64. The number of hydrogen-bond donors (Lipinski definition) is 1. The molecule has 0 aliphatic rings. The minimum Gasteiger partial charge on any atom is -0.507 e. The van der Waals surface area contributed by atoms with Crippen LogP contribution in [-0.4, -0.2) is 20.8 Å². The summed E-state index contributed by atoms with van der Waals surface area (Å²) in [4.78, 5) is 10.9. The van der Waals surface area contributed by atoms with Crippen molar-refractivity contribution in [2.24, 2.45) is 10.2 Å². The fraction of sp³-hybridized carbons (Fsp3) is 0.0588. The van der Waals surface area contributed by atoms with Crippen molar-refractivity contribution < 1.29 is 10.0 Å². The largest absolute Gasteiger partial charge is 0.507 e. The molecule has 1 heterocycles. The van der Waals surface area contributed by atoms with Crippen LogP contribution in [0.5, 0.6) is 5.75 Å². The molecule has 3 aromatic rings.